The van der Waals surface area contributed by atoms with Gasteiger partial charge in [0.15, 0.2) is 23.3 Å². The molecule has 1 aliphatic carbocycles. The van der Waals surface area contributed by atoms with Crippen LogP contribution in [0.2, 0.25) is 0 Å². The van der Waals surface area contributed by atoms with Crippen LogP contribution in [0.1, 0.15) is 49.4 Å². The smallest absolute Gasteiger partial charge is 0.322 e. The molecule has 1 atom stereocenters. The van der Waals surface area contributed by atoms with Crippen LogP contribution < -0.4 is 15.5 Å². The van der Waals surface area contributed by atoms with Crippen LogP contribution in [0.15, 0.2) is 17.3 Å². The second-order valence-corrected chi connectivity index (χ2v) is 7.68. The maximum Gasteiger partial charge on any atom is 0.322 e. The van der Waals surface area contributed by atoms with Crippen molar-refractivity contribution in [3.8, 4) is 0 Å². The number of ketones is 1. The third-order valence-electron chi connectivity index (χ3n) is 5.80. The molecular formula is C21H27FN4O3. The van der Waals surface area contributed by atoms with Gasteiger partial charge in [-0.15, -0.1) is 0 Å². The number of carbonyl (C=O) groups is 2. The summed E-state index contributed by atoms with van der Waals surface area (Å²) in [5.74, 6) is -2.07. The number of nitrogens with one attached hydrogen (secondary N) is 2. The van der Waals surface area contributed by atoms with E-state index in [9.17, 15) is 14.0 Å². The van der Waals surface area contributed by atoms with Crippen LogP contribution in [0.3, 0.4) is 0 Å². The van der Waals surface area contributed by atoms with Crippen LogP contribution in [-0.4, -0.2) is 49.5 Å². The fourth-order valence-electron chi connectivity index (χ4n) is 4.34. The lowest BCUT2D eigenvalue weighted by Gasteiger charge is -2.32. The molecule has 1 saturated carbocycles. The summed E-state index contributed by atoms with van der Waals surface area (Å²) in [5.41, 5.74) is 1.77. The SMILES string of the molecule is CCOC(=O)C1C(=O)c2cc(F)c(N3CCNCC3)nc2NC1=C1CCCCC1. The number of ether oxygens (including phenoxy) is 1. The average molecular weight is 402 g/mol. The number of carbonyl (C=O) groups excluding carboxylic acids is 2. The lowest BCUT2D eigenvalue weighted by atomic mass is 9.84. The van der Waals surface area contributed by atoms with Crippen molar-refractivity contribution in [1.29, 1.82) is 0 Å². The van der Waals surface area contributed by atoms with Crippen LogP contribution in [0.25, 0.3) is 0 Å². The lowest BCUT2D eigenvalue weighted by molar-refractivity contribution is -0.145. The number of pyridine rings is 1. The molecule has 0 amide bonds. The second kappa shape index (κ2) is 8.49. The summed E-state index contributed by atoms with van der Waals surface area (Å²) in [4.78, 5) is 32.2. The van der Waals surface area contributed by atoms with Gasteiger partial charge in [0.1, 0.15) is 5.82 Å². The van der Waals surface area contributed by atoms with Gasteiger partial charge >= 0.3 is 5.97 Å². The van der Waals surface area contributed by atoms with Crippen molar-refractivity contribution in [1.82, 2.24) is 10.3 Å². The average Bonchev–Trinajstić information content (AvgIpc) is 2.75. The van der Waals surface area contributed by atoms with Gasteiger partial charge in [-0.1, -0.05) is 6.42 Å². The number of nitrogens with zero attached hydrogens (tertiary/aromatic N) is 2. The molecule has 8 heteroatoms. The predicted molar refractivity (Wildman–Crippen MR) is 107 cm³/mol. The quantitative estimate of drug-likeness (QED) is 0.594. The molecule has 1 aromatic heterocycles. The number of anilines is 2. The van der Waals surface area contributed by atoms with Gasteiger partial charge in [-0.3, -0.25) is 9.59 Å². The van der Waals surface area contributed by atoms with E-state index in [1.165, 1.54) is 6.07 Å². The van der Waals surface area contributed by atoms with E-state index in [1.54, 1.807) is 6.92 Å². The Labute approximate surface area is 169 Å². The molecular weight excluding hydrogens is 375 g/mol. The first-order chi connectivity index (χ1) is 14.1. The Hall–Kier alpha value is -2.48. The van der Waals surface area contributed by atoms with Gasteiger partial charge in [0.25, 0.3) is 0 Å². The lowest BCUT2D eigenvalue weighted by Crippen LogP contribution is -2.44. The fourth-order valence-corrected chi connectivity index (χ4v) is 4.34. The van der Waals surface area contributed by atoms with Gasteiger partial charge in [-0.25, -0.2) is 9.37 Å². The number of rotatable bonds is 3. The van der Waals surface area contributed by atoms with Crippen molar-refractivity contribution in [2.24, 2.45) is 5.92 Å². The Kier molecular flexibility index (Phi) is 5.80. The zero-order chi connectivity index (χ0) is 20.4. The highest BCUT2D eigenvalue weighted by molar-refractivity contribution is 6.15. The molecule has 0 bridgehead atoms. The predicted octanol–water partition coefficient (Wildman–Crippen LogP) is 2.64. The molecule has 1 aromatic rings. The number of allylic oxidation sites excluding steroid dienone is 1. The van der Waals surface area contributed by atoms with Crippen molar-refractivity contribution in [3.63, 3.8) is 0 Å². The van der Waals surface area contributed by atoms with Crippen LogP contribution >= 0.6 is 0 Å². The highest BCUT2D eigenvalue weighted by atomic mass is 19.1. The Bertz CT molecular complexity index is 841. The minimum absolute atomic E-state index is 0.111. The number of halogens is 1. The highest BCUT2D eigenvalue weighted by Gasteiger charge is 2.41. The maximum atomic E-state index is 14.8. The molecule has 0 aromatic carbocycles. The van der Waals surface area contributed by atoms with Crippen molar-refractivity contribution < 1.29 is 18.7 Å². The molecule has 156 valence electrons. The summed E-state index contributed by atoms with van der Waals surface area (Å²) >= 11 is 0. The van der Waals surface area contributed by atoms with E-state index < -0.39 is 23.5 Å². The Balaban J connectivity index is 1.76. The molecule has 2 fully saturated rings. The number of aromatic nitrogens is 1. The Morgan fingerprint density at radius 1 is 1.28 bits per heavy atom. The van der Waals surface area contributed by atoms with Gasteiger partial charge in [-0.2, -0.15) is 0 Å². The summed E-state index contributed by atoms with van der Waals surface area (Å²) in [6.45, 7) is 4.70. The summed E-state index contributed by atoms with van der Waals surface area (Å²) in [6, 6.07) is 1.21. The van der Waals surface area contributed by atoms with Crippen LogP contribution in [-0.2, 0) is 9.53 Å². The van der Waals surface area contributed by atoms with Crippen molar-refractivity contribution >= 4 is 23.4 Å². The molecule has 0 spiro atoms. The molecule has 4 rings (SSSR count). The monoisotopic (exact) mass is 402 g/mol. The molecule has 7 nitrogen and oxygen atoms in total. The summed E-state index contributed by atoms with van der Waals surface area (Å²) < 4.78 is 20.0. The first-order valence-electron chi connectivity index (χ1n) is 10.5. The van der Waals surface area contributed by atoms with Gasteiger partial charge < -0.3 is 20.3 Å². The Morgan fingerprint density at radius 3 is 2.69 bits per heavy atom. The van der Waals surface area contributed by atoms with Crippen molar-refractivity contribution in [3.05, 3.63) is 28.7 Å². The van der Waals surface area contributed by atoms with Crippen molar-refractivity contribution in [2.75, 3.05) is 43.0 Å². The van der Waals surface area contributed by atoms with E-state index in [1.807, 2.05) is 4.90 Å². The number of piperazine rings is 1. The minimum Gasteiger partial charge on any atom is -0.465 e. The van der Waals surface area contributed by atoms with Crippen LogP contribution in [0.5, 0.6) is 0 Å². The molecule has 3 aliphatic rings. The number of hydrogen-bond acceptors (Lipinski definition) is 7. The van der Waals surface area contributed by atoms with E-state index in [4.69, 9.17) is 4.74 Å². The number of fused-ring (bicyclic) bond motifs is 1. The molecule has 3 heterocycles. The first-order valence-corrected chi connectivity index (χ1v) is 10.5. The fraction of sp³-hybridized carbons (Fsp3) is 0.571. The van der Waals surface area contributed by atoms with E-state index in [2.05, 4.69) is 15.6 Å². The third-order valence-corrected chi connectivity index (χ3v) is 5.80. The Morgan fingerprint density at radius 2 is 2.00 bits per heavy atom. The number of esters is 1. The van der Waals surface area contributed by atoms with Gasteiger partial charge in [-0.05, 0) is 44.2 Å². The number of Topliss-reactive ketones (excluding diaryl/α,β-unsaturated/α-hetero) is 1. The van der Waals surface area contributed by atoms with E-state index >= 15 is 0 Å². The zero-order valence-electron chi connectivity index (χ0n) is 16.7. The second-order valence-electron chi connectivity index (χ2n) is 7.68. The first kappa shape index (κ1) is 19.8. The van der Waals surface area contributed by atoms with Gasteiger partial charge in [0.05, 0.1) is 12.2 Å². The molecule has 1 unspecified atom stereocenters. The summed E-state index contributed by atoms with van der Waals surface area (Å²) in [5, 5.41) is 6.46. The van der Waals surface area contributed by atoms with Gasteiger partial charge in [0, 0.05) is 31.9 Å². The largest absolute Gasteiger partial charge is 0.465 e. The minimum atomic E-state index is -1.07. The topological polar surface area (TPSA) is 83.6 Å². The molecule has 2 N–H and O–H groups in total. The standard InChI is InChI=1S/C21H27FN4O3/c1-2-29-21(28)16-17(13-6-4-3-5-7-13)24-19-14(18(16)27)12-15(22)20(25-19)26-10-8-23-9-11-26/h12,16,23H,2-11H2,1H3,(H,24,25). The number of hydrogen-bond donors (Lipinski definition) is 2. The highest BCUT2D eigenvalue weighted by Crippen LogP contribution is 2.38. The molecule has 29 heavy (non-hydrogen) atoms. The molecule has 0 radical (unpaired) electrons. The van der Waals surface area contributed by atoms with E-state index in [0.717, 1.165) is 50.8 Å². The van der Waals surface area contributed by atoms with Crippen LogP contribution in [0, 0.1) is 11.7 Å². The normalized spacial score (nSPS) is 22.2. The summed E-state index contributed by atoms with van der Waals surface area (Å²) in [6.07, 6.45) is 4.88. The third kappa shape index (κ3) is 3.85. The molecule has 1 saturated heterocycles. The summed E-state index contributed by atoms with van der Waals surface area (Å²) in [7, 11) is 0. The van der Waals surface area contributed by atoms with Crippen molar-refractivity contribution in [2.45, 2.75) is 39.0 Å². The van der Waals surface area contributed by atoms with Crippen LogP contribution in [0.4, 0.5) is 16.0 Å². The zero-order valence-corrected chi connectivity index (χ0v) is 16.7. The maximum absolute atomic E-state index is 14.8. The van der Waals surface area contributed by atoms with E-state index in [0.29, 0.717) is 24.6 Å². The van der Waals surface area contributed by atoms with Gasteiger partial charge in [0.2, 0.25) is 0 Å². The molecule has 2 aliphatic heterocycles. The van der Waals surface area contributed by atoms with E-state index in [-0.39, 0.29) is 18.0 Å².